The second-order valence-electron chi connectivity index (χ2n) is 9.71. The summed E-state index contributed by atoms with van der Waals surface area (Å²) in [6.07, 6.45) is 4.90. The van der Waals surface area contributed by atoms with Crippen LogP contribution in [0.5, 0.6) is 0 Å². The zero-order valence-corrected chi connectivity index (χ0v) is 30.8. The Labute approximate surface area is 292 Å². The summed E-state index contributed by atoms with van der Waals surface area (Å²) < 4.78 is 72.0. The molecular formula is C32H65IO13. The normalized spacial score (nSPS) is 11.6. The average molecular weight is 785 g/mol. The van der Waals surface area contributed by atoms with E-state index in [-0.39, 0.29) is 0 Å². The average Bonchev–Trinajstić information content (AvgIpc) is 3.07. The van der Waals surface area contributed by atoms with Gasteiger partial charge in [0.2, 0.25) is 0 Å². The van der Waals surface area contributed by atoms with E-state index in [1.165, 1.54) is 19.3 Å². The maximum absolute atomic E-state index is 5.53. The van der Waals surface area contributed by atoms with Crippen molar-refractivity contribution in [1.29, 1.82) is 0 Å². The van der Waals surface area contributed by atoms with Gasteiger partial charge in [0, 0.05) is 11.0 Å². The van der Waals surface area contributed by atoms with Gasteiger partial charge in [0.1, 0.15) is 0 Å². The van der Waals surface area contributed by atoms with E-state index in [2.05, 4.69) is 29.5 Å². The first-order valence-electron chi connectivity index (χ1n) is 17.0. The predicted octanol–water partition coefficient (Wildman–Crippen LogP) is 3.22. The summed E-state index contributed by atoms with van der Waals surface area (Å²) in [6, 6.07) is 0. The number of hydrogen-bond acceptors (Lipinski definition) is 13. The smallest absolute Gasteiger partial charge is 0.0701 e. The minimum absolute atomic E-state index is 0.517. The Hall–Kier alpha value is 0.210. The lowest BCUT2D eigenvalue weighted by molar-refractivity contribution is -0.0289. The van der Waals surface area contributed by atoms with Gasteiger partial charge in [-0.3, -0.25) is 0 Å². The molecule has 0 heterocycles. The molecular weight excluding hydrogens is 719 g/mol. The molecule has 0 aromatic rings. The number of alkyl halides is 1. The molecule has 0 aliphatic heterocycles. The lowest BCUT2D eigenvalue weighted by Gasteiger charge is -2.09. The van der Waals surface area contributed by atoms with E-state index >= 15 is 0 Å². The first-order valence-corrected chi connectivity index (χ1v) is 18.5. The van der Waals surface area contributed by atoms with Gasteiger partial charge in [-0.2, -0.15) is 0 Å². The third-order valence-electron chi connectivity index (χ3n) is 5.83. The van der Waals surface area contributed by atoms with Crippen molar-refractivity contribution in [3.8, 4) is 0 Å². The van der Waals surface area contributed by atoms with Gasteiger partial charge in [-0.25, -0.2) is 0 Å². The van der Waals surface area contributed by atoms with Crippen molar-refractivity contribution < 1.29 is 61.6 Å². The second kappa shape index (κ2) is 45.2. The van der Waals surface area contributed by atoms with Gasteiger partial charge in [-0.05, 0) is 6.42 Å². The summed E-state index contributed by atoms with van der Waals surface area (Å²) in [5, 5.41) is 0. The van der Waals surface area contributed by atoms with Crippen LogP contribution in [-0.2, 0) is 61.6 Å². The molecule has 0 saturated carbocycles. The number of unbranched alkanes of at least 4 members (excludes halogenated alkanes) is 3. The zero-order chi connectivity index (χ0) is 33.1. The Bertz CT molecular complexity index is 482. The molecule has 0 unspecified atom stereocenters. The van der Waals surface area contributed by atoms with Gasteiger partial charge in [-0.1, -0.05) is 48.8 Å². The third kappa shape index (κ3) is 44.2. The lowest BCUT2D eigenvalue weighted by Crippen LogP contribution is -2.15. The largest absolute Gasteiger partial charge is 0.379 e. The van der Waals surface area contributed by atoms with E-state index in [1.807, 2.05) is 0 Å². The minimum Gasteiger partial charge on any atom is -0.379 e. The topological polar surface area (TPSA) is 120 Å². The van der Waals surface area contributed by atoms with Crippen molar-refractivity contribution in [3.63, 3.8) is 0 Å². The molecule has 0 aliphatic carbocycles. The van der Waals surface area contributed by atoms with Gasteiger partial charge in [0.05, 0.1) is 165 Å². The van der Waals surface area contributed by atoms with Crippen LogP contribution >= 0.6 is 22.6 Å². The fourth-order valence-corrected chi connectivity index (χ4v) is 3.74. The van der Waals surface area contributed by atoms with Crippen LogP contribution in [0.3, 0.4) is 0 Å². The summed E-state index contributed by atoms with van der Waals surface area (Å²) >= 11 is 2.28. The van der Waals surface area contributed by atoms with E-state index in [1.54, 1.807) is 0 Å². The SMILES string of the molecule is CCCCCCOCCOCCOCCOCCOCCOCCOCCOCCOCCOCCOCCOCCOCCI. The molecule has 0 bridgehead atoms. The summed E-state index contributed by atoms with van der Waals surface area (Å²) in [7, 11) is 0. The van der Waals surface area contributed by atoms with E-state index in [0.717, 1.165) is 24.1 Å². The molecule has 0 aromatic carbocycles. The molecule has 0 saturated heterocycles. The Morgan fingerprint density at radius 3 is 0.630 bits per heavy atom. The van der Waals surface area contributed by atoms with Crippen LogP contribution in [0, 0.1) is 0 Å². The van der Waals surface area contributed by atoms with E-state index in [9.17, 15) is 0 Å². The molecule has 0 N–H and O–H groups in total. The van der Waals surface area contributed by atoms with Crippen LogP contribution in [0.4, 0.5) is 0 Å². The summed E-state index contributed by atoms with van der Waals surface area (Å²) in [4.78, 5) is 0. The highest BCUT2D eigenvalue weighted by molar-refractivity contribution is 14.1. The summed E-state index contributed by atoms with van der Waals surface area (Å²) in [6.45, 7) is 16.9. The molecule has 14 heteroatoms. The van der Waals surface area contributed by atoms with Crippen molar-refractivity contribution in [2.45, 2.75) is 32.6 Å². The first kappa shape index (κ1) is 46.2. The Morgan fingerprint density at radius 2 is 0.435 bits per heavy atom. The number of halogens is 1. The van der Waals surface area contributed by atoms with Crippen LogP contribution in [0.25, 0.3) is 0 Å². The fraction of sp³-hybridized carbons (Fsp3) is 1.00. The maximum Gasteiger partial charge on any atom is 0.0701 e. The van der Waals surface area contributed by atoms with Gasteiger partial charge in [0.15, 0.2) is 0 Å². The number of rotatable bonds is 43. The maximum atomic E-state index is 5.53. The Balaban J connectivity index is 3.03. The molecule has 0 aliphatic rings. The highest BCUT2D eigenvalue weighted by Crippen LogP contribution is 1.98. The number of hydrogen-bond donors (Lipinski definition) is 0. The predicted molar refractivity (Wildman–Crippen MR) is 184 cm³/mol. The van der Waals surface area contributed by atoms with Gasteiger partial charge in [0.25, 0.3) is 0 Å². The van der Waals surface area contributed by atoms with Crippen molar-refractivity contribution in [1.82, 2.24) is 0 Å². The molecule has 0 spiro atoms. The molecule has 0 fully saturated rings. The van der Waals surface area contributed by atoms with Gasteiger partial charge >= 0.3 is 0 Å². The number of ether oxygens (including phenoxy) is 13. The standard InChI is InChI=1S/C32H65IO13/c1-2-3-4-5-7-34-9-11-36-13-15-38-17-19-40-21-23-42-25-27-44-29-31-46-32-30-45-28-26-43-24-22-41-20-18-39-16-14-37-12-10-35-8-6-33/h2-32H2,1H3. The monoisotopic (exact) mass is 784 g/mol. The van der Waals surface area contributed by atoms with E-state index < -0.39 is 0 Å². The van der Waals surface area contributed by atoms with Crippen molar-refractivity contribution in [2.24, 2.45) is 0 Å². The quantitative estimate of drug-likeness (QED) is 0.0512. The Morgan fingerprint density at radius 1 is 0.239 bits per heavy atom. The van der Waals surface area contributed by atoms with Crippen LogP contribution in [0.2, 0.25) is 0 Å². The molecule has 0 atom stereocenters. The molecule has 0 rings (SSSR count). The van der Waals surface area contributed by atoms with Crippen LogP contribution in [0.1, 0.15) is 32.6 Å². The molecule has 46 heavy (non-hydrogen) atoms. The first-order chi connectivity index (χ1) is 22.9. The molecule has 13 nitrogen and oxygen atoms in total. The Kier molecular flexibility index (Phi) is 45.4. The molecule has 0 amide bonds. The molecule has 278 valence electrons. The van der Waals surface area contributed by atoms with Crippen LogP contribution in [-0.4, -0.2) is 176 Å². The highest BCUT2D eigenvalue weighted by Gasteiger charge is 1.97. The molecule has 0 radical (unpaired) electrons. The second-order valence-corrected chi connectivity index (χ2v) is 10.8. The van der Waals surface area contributed by atoms with Gasteiger partial charge < -0.3 is 61.6 Å². The summed E-state index contributed by atoms with van der Waals surface area (Å²) in [5.74, 6) is 0. The van der Waals surface area contributed by atoms with Crippen molar-refractivity contribution in [2.75, 3.05) is 176 Å². The molecule has 0 aromatic heterocycles. The fourth-order valence-electron chi connectivity index (χ4n) is 3.43. The van der Waals surface area contributed by atoms with Crippen molar-refractivity contribution in [3.05, 3.63) is 0 Å². The van der Waals surface area contributed by atoms with Gasteiger partial charge in [-0.15, -0.1) is 0 Å². The third-order valence-corrected chi connectivity index (χ3v) is 6.27. The van der Waals surface area contributed by atoms with Crippen LogP contribution in [0.15, 0.2) is 0 Å². The van der Waals surface area contributed by atoms with E-state index in [4.69, 9.17) is 61.6 Å². The van der Waals surface area contributed by atoms with Crippen molar-refractivity contribution >= 4 is 22.6 Å². The van der Waals surface area contributed by atoms with Crippen LogP contribution < -0.4 is 0 Å². The summed E-state index contributed by atoms with van der Waals surface area (Å²) in [5.41, 5.74) is 0. The minimum atomic E-state index is 0.517. The lowest BCUT2D eigenvalue weighted by atomic mass is 10.2. The van der Waals surface area contributed by atoms with E-state index in [0.29, 0.717) is 159 Å². The zero-order valence-electron chi connectivity index (χ0n) is 28.6. The highest BCUT2D eigenvalue weighted by atomic mass is 127.